The summed E-state index contributed by atoms with van der Waals surface area (Å²) in [5.74, 6) is 2.14. The predicted octanol–water partition coefficient (Wildman–Crippen LogP) is 4.34. The van der Waals surface area contributed by atoms with Crippen molar-refractivity contribution in [2.45, 2.75) is 37.4 Å². The number of aromatic nitrogens is 1. The zero-order chi connectivity index (χ0) is 18.2. The highest BCUT2D eigenvalue weighted by molar-refractivity contribution is 8.77. The lowest BCUT2D eigenvalue weighted by Crippen LogP contribution is -2.37. The Hall–Kier alpha value is -1.47. The standard InChI is InChI=1S/C19H27N3O2S2/c1-24-15-5-6-18-17(12-15)14(13-22-18)7-10-21-19(23)20-9-3-2-4-16-8-11-25-26-16/h5-6,12-13,16,22H,2-4,7-11H2,1H3,(H2,20,21,23). The molecule has 2 heterocycles. The van der Waals surface area contributed by atoms with Crippen molar-refractivity contribution in [1.29, 1.82) is 0 Å². The number of hydrogen-bond donors (Lipinski definition) is 3. The van der Waals surface area contributed by atoms with Crippen molar-refractivity contribution < 1.29 is 9.53 Å². The van der Waals surface area contributed by atoms with E-state index in [9.17, 15) is 4.79 Å². The molecule has 0 saturated carbocycles. The molecule has 1 atom stereocenters. The minimum Gasteiger partial charge on any atom is -0.497 e. The van der Waals surface area contributed by atoms with E-state index in [0.717, 1.165) is 41.3 Å². The number of fused-ring (bicyclic) bond motifs is 1. The molecule has 1 aliphatic rings. The van der Waals surface area contributed by atoms with Crippen molar-refractivity contribution in [3.05, 3.63) is 30.0 Å². The predicted molar refractivity (Wildman–Crippen MR) is 112 cm³/mol. The van der Waals surface area contributed by atoms with Gasteiger partial charge in [-0.15, -0.1) is 0 Å². The van der Waals surface area contributed by atoms with Crippen LogP contribution in [0.25, 0.3) is 10.9 Å². The molecular formula is C19H27N3O2S2. The van der Waals surface area contributed by atoms with Crippen molar-refractivity contribution >= 4 is 38.5 Å². The first-order valence-electron chi connectivity index (χ1n) is 9.20. The Morgan fingerprint density at radius 1 is 1.31 bits per heavy atom. The third-order valence-corrected chi connectivity index (χ3v) is 7.63. The number of amides is 2. The highest BCUT2D eigenvalue weighted by Crippen LogP contribution is 2.39. The quantitative estimate of drug-likeness (QED) is 0.438. The van der Waals surface area contributed by atoms with Crippen LogP contribution < -0.4 is 15.4 Å². The molecule has 0 aliphatic carbocycles. The molecule has 1 saturated heterocycles. The molecule has 7 heteroatoms. The molecule has 142 valence electrons. The Morgan fingerprint density at radius 2 is 2.19 bits per heavy atom. The van der Waals surface area contributed by atoms with Gasteiger partial charge in [-0.1, -0.05) is 28.0 Å². The number of rotatable bonds is 9. The zero-order valence-corrected chi connectivity index (χ0v) is 16.8. The van der Waals surface area contributed by atoms with E-state index in [1.165, 1.54) is 30.6 Å². The van der Waals surface area contributed by atoms with Gasteiger partial charge in [0, 0.05) is 41.2 Å². The molecule has 26 heavy (non-hydrogen) atoms. The second kappa shape index (κ2) is 10.0. The first kappa shape index (κ1) is 19.3. The minimum absolute atomic E-state index is 0.0757. The number of H-pyrrole nitrogens is 1. The van der Waals surface area contributed by atoms with E-state index in [1.54, 1.807) is 7.11 Å². The molecule has 3 N–H and O–H groups in total. The molecule has 1 fully saturated rings. The number of hydrogen-bond acceptors (Lipinski definition) is 4. The fourth-order valence-corrected chi connectivity index (χ4v) is 6.16. The molecule has 5 nitrogen and oxygen atoms in total. The number of carbonyl (C=O) groups excluding carboxylic acids is 1. The molecule has 2 aromatic rings. The van der Waals surface area contributed by atoms with Crippen LogP contribution in [-0.4, -0.2) is 42.2 Å². The van der Waals surface area contributed by atoms with E-state index >= 15 is 0 Å². The van der Waals surface area contributed by atoms with Gasteiger partial charge in [0.25, 0.3) is 0 Å². The zero-order valence-electron chi connectivity index (χ0n) is 15.2. The molecule has 1 aliphatic heterocycles. The SMILES string of the molecule is COc1ccc2[nH]cc(CCNC(=O)NCCCCC3CCSS3)c2c1. The van der Waals surface area contributed by atoms with Crippen LogP contribution >= 0.6 is 21.6 Å². The van der Waals surface area contributed by atoms with Crippen molar-refractivity contribution in [2.24, 2.45) is 0 Å². The summed E-state index contributed by atoms with van der Waals surface area (Å²) in [6.45, 7) is 1.37. The van der Waals surface area contributed by atoms with E-state index in [1.807, 2.05) is 46.0 Å². The van der Waals surface area contributed by atoms with Gasteiger partial charge < -0.3 is 20.4 Å². The topological polar surface area (TPSA) is 66.1 Å². The van der Waals surface area contributed by atoms with Crippen LogP contribution in [0.4, 0.5) is 4.79 Å². The van der Waals surface area contributed by atoms with Crippen LogP contribution in [0.2, 0.25) is 0 Å². The van der Waals surface area contributed by atoms with E-state index in [2.05, 4.69) is 15.6 Å². The largest absolute Gasteiger partial charge is 0.497 e. The number of methoxy groups -OCH3 is 1. The lowest BCUT2D eigenvalue weighted by molar-refractivity contribution is 0.241. The maximum absolute atomic E-state index is 11.9. The molecule has 0 bridgehead atoms. The first-order chi connectivity index (χ1) is 12.8. The van der Waals surface area contributed by atoms with Gasteiger partial charge in [0.15, 0.2) is 0 Å². The summed E-state index contributed by atoms with van der Waals surface area (Å²) in [6, 6.07) is 5.91. The number of nitrogens with one attached hydrogen (secondary N) is 3. The number of benzene rings is 1. The Balaban J connectivity index is 1.32. The Labute approximate surface area is 162 Å². The number of unbranched alkanes of at least 4 members (excludes halogenated alkanes) is 1. The van der Waals surface area contributed by atoms with Gasteiger partial charge in [-0.25, -0.2) is 4.79 Å². The summed E-state index contributed by atoms with van der Waals surface area (Å²) in [4.78, 5) is 15.2. The highest BCUT2D eigenvalue weighted by atomic mass is 33.1. The second-order valence-corrected chi connectivity index (χ2v) is 9.27. The summed E-state index contributed by atoms with van der Waals surface area (Å²) < 4.78 is 5.29. The van der Waals surface area contributed by atoms with Crippen molar-refractivity contribution in [1.82, 2.24) is 15.6 Å². The average Bonchev–Trinajstić information content (AvgIpc) is 3.31. The third-order valence-electron chi connectivity index (χ3n) is 4.62. The molecular weight excluding hydrogens is 366 g/mol. The van der Waals surface area contributed by atoms with Gasteiger partial charge in [-0.2, -0.15) is 0 Å². The monoisotopic (exact) mass is 393 g/mol. The van der Waals surface area contributed by atoms with E-state index in [-0.39, 0.29) is 6.03 Å². The molecule has 2 amide bonds. The van der Waals surface area contributed by atoms with Gasteiger partial charge in [-0.3, -0.25) is 0 Å². The van der Waals surface area contributed by atoms with Crippen molar-refractivity contribution in [3.63, 3.8) is 0 Å². The van der Waals surface area contributed by atoms with Gasteiger partial charge >= 0.3 is 6.03 Å². The maximum atomic E-state index is 11.9. The Kier molecular flexibility index (Phi) is 7.43. The lowest BCUT2D eigenvalue weighted by Gasteiger charge is -2.09. The Bertz CT molecular complexity index is 714. The van der Waals surface area contributed by atoms with Crippen molar-refractivity contribution in [2.75, 3.05) is 26.0 Å². The van der Waals surface area contributed by atoms with E-state index < -0.39 is 0 Å². The molecule has 0 radical (unpaired) electrons. The summed E-state index contributed by atoms with van der Waals surface area (Å²) in [5.41, 5.74) is 2.27. The van der Waals surface area contributed by atoms with Gasteiger partial charge in [0.1, 0.15) is 5.75 Å². The Morgan fingerprint density at radius 3 is 3.00 bits per heavy atom. The summed E-state index contributed by atoms with van der Waals surface area (Å²) in [5, 5.41) is 7.87. The minimum atomic E-state index is -0.0757. The van der Waals surface area contributed by atoms with Crippen LogP contribution in [-0.2, 0) is 6.42 Å². The average molecular weight is 394 g/mol. The lowest BCUT2D eigenvalue weighted by atomic mass is 10.1. The molecule has 1 aromatic carbocycles. The van der Waals surface area contributed by atoms with Gasteiger partial charge in [0.05, 0.1) is 7.11 Å². The molecule has 3 rings (SSSR count). The third kappa shape index (κ3) is 5.51. The van der Waals surface area contributed by atoms with Crippen LogP contribution in [0, 0.1) is 0 Å². The van der Waals surface area contributed by atoms with Gasteiger partial charge in [-0.05, 0) is 49.4 Å². The van der Waals surface area contributed by atoms with Crippen molar-refractivity contribution in [3.8, 4) is 5.75 Å². The molecule has 1 unspecified atom stereocenters. The van der Waals surface area contributed by atoms with Crippen LogP contribution in [0.5, 0.6) is 5.75 Å². The normalized spacial score (nSPS) is 16.7. The van der Waals surface area contributed by atoms with Crippen LogP contribution in [0.3, 0.4) is 0 Å². The molecule has 1 aromatic heterocycles. The second-order valence-electron chi connectivity index (χ2n) is 6.48. The fraction of sp³-hybridized carbons (Fsp3) is 0.526. The van der Waals surface area contributed by atoms with E-state index in [0.29, 0.717) is 6.54 Å². The summed E-state index contributed by atoms with van der Waals surface area (Å²) in [7, 11) is 5.69. The fourth-order valence-electron chi connectivity index (χ4n) is 3.13. The van der Waals surface area contributed by atoms with Crippen LogP contribution in [0.1, 0.15) is 31.2 Å². The summed E-state index contributed by atoms with van der Waals surface area (Å²) in [6.07, 6.45) is 7.64. The molecule has 0 spiro atoms. The van der Waals surface area contributed by atoms with E-state index in [4.69, 9.17) is 4.74 Å². The number of carbonyl (C=O) groups is 1. The maximum Gasteiger partial charge on any atom is 0.314 e. The van der Waals surface area contributed by atoms with Crippen LogP contribution in [0.15, 0.2) is 24.4 Å². The summed E-state index contributed by atoms with van der Waals surface area (Å²) >= 11 is 0. The first-order valence-corrected chi connectivity index (χ1v) is 11.6. The van der Waals surface area contributed by atoms with Gasteiger partial charge in [0.2, 0.25) is 0 Å². The smallest absolute Gasteiger partial charge is 0.314 e. The number of aromatic amines is 1. The highest BCUT2D eigenvalue weighted by Gasteiger charge is 2.15. The number of urea groups is 1. The number of ether oxygens (including phenoxy) is 1.